The molecule has 0 aromatic heterocycles. The molecule has 3 rings (SSSR count). The molecular weight excluding hydrogens is 267 g/mol. The molecule has 1 saturated carbocycles. The molecular formula is C18H25FO2. The van der Waals surface area contributed by atoms with E-state index in [4.69, 9.17) is 9.47 Å². The zero-order valence-electron chi connectivity index (χ0n) is 12.8. The number of ether oxygens (including phenoxy) is 2. The Bertz CT molecular complexity index is 429. The summed E-state index contributed by atoms with van der Waals surface area (Å²) in [6.07, 6.45) is 6.34. The molecule has 0 radical (unpaired) electrons. The Kier molecular flexibility index (Phi) is 4.91. The molecule has 2 fully saturated rings. The maximum Gasteiger partial charge on any atom is 0.183 e. The topological polar surface area (TPSA) is 18.5 Å². The van der Waals surface area contributed by atoms with Crippen LogP contribution >= 0.6 is 0 Å². The summed E-state index contributed by atoms with van der Waals surface area (Å²) in [6, 6.07) is 6.40. The van der Waals surface area contributed by atoms with Crippen molar-refractivity contribution in [1.29, 1.82) is 0 Å². The quantitative estimate of drug-likeness (QED) is 0.803. The van der Waals surface area contributed by atoms with Gasteiger partial charge in [-0.05, 0) is 36.8 Å². The zero-order valence-corrected chi connectivity index (χ0v) is 12.8. The Morgan fingerprint density at radius 2 is 1.57 bits per heavy atom. The average molecular weight is 292 g/mol. The molecule has 1 saturated heterocycles. The third-order valence-corrected chi connectivity index (χ3v) is 5.20. The summed E-state index contributed by atoms with van der Waals surface area (Å²) in [6.45, 7) is 3.83. The summed E-state index contributed by atoms with van der Waals surface area (Å²) in [4.78, 5) is 0. The highest BCUT2D eigenvalue weighted by Gasteiger charge is 2.31. The van der Waals surface area contributed by atoms with E-state index in [0.717, 1.165) is 30.6 Å². The molecule has 3 heteroatoms. The predicted molar refractivity (Wildman–Crippen MR) is 80.3 cm³/mol. The fraction of sp³-hybridized carbons (Fsp3) is 0.667. The second kappa shape index (κ2) is 6.89. The highest BCUT2D eigenvalue weighted by Crippen LogP contribution is 2.38. The molecule has 0 atom stereocenters. The van der Waals surface area contributed by atoms with E-state index in [-0.39, 0.29) is 12.1 Å². The molecule has 0 spiro atoms. The standard InChI is InChI=1S/C18H25FO2/c1-2-13-3-5-14(6-4-13)16-11-20-18(21-12-16)15-7-9-17(19)10-8-15/h7-10,13-14,16,18H,2-6,11-12H2,1H3/t13-,14-,16-,18-. The Morgan fingerprint density at radius 3 is 2.14 bits per heavy atom. The van der Waals surface area contributed by atoms with E-state index in [1.165, 1.54) is 44.2 Å². The molecule has 0 N–H and O–H groups in total. The van der Waals surface area contributed by atoms with E-state index in [0.29, 0.717) is 5.92 Å². The van der Waals surface area contributed by atoms with Gasteiger partial charge in [0.1, 0.15) is 5.82 Å². The molecule has 116 valence electrons. The van der Waals surface area contributed by atoms with Crippen molar-refractivity contribution < 1.29 is 13.9 Å². The van der Waals surface area contributed by atoms with Crippen LogP contribution in [0.25, 0.3) is 0 Å². The lowest BCUT2D eigenvalue weighted by Crippen LogP contribution is -2.34. The molecule has 1 aliphatic carbocycles. The maximum absolute atomic E-state index is 12.9. The number of hydrogen-bond donors (Lipinski definition) is 0. The molecule has 0 amide bonds. The Morgan fingerprint density at radius 1 is 0.952 bits per heavy atom. The van der Waals surface area contributed by atoms with Crippen molar-refractivity contribution in [3.05, 3.63) is 35.6 Å². The fourth-order valence-corrected chi connectivity index (χ4v) is 3.67. The third-order valence-electron chi connectivity index (χ3n) is 5.20. The number of rotatable bonds is 3. The van der Waals surface area contributed by atoms with Crippen molar-refractivity contribution in [3.63, 3.8) is 0 Å². The molecule has 2 aliphatic rings. The van der Waals surface area contributed by atoms with Gasteiger partial charge in [0, 0.05) is 11.5 Å². The van der Waals surface area contributed by atoms with Crippen LogP contribution in [0.1, 0.15) is 50.9 Å². The van der Waals surface area contributed by atoms with Gasteiger partial charge in [0.2, 0.25) is 0 Å². The number of hydrogen-bond acceptors (Lipinski definition) is 2. The Balaban J connectivity index is 1.50. The molecule has 1 heterocycles. The van der Waals surface area contributed by atoms with Crippen molar-refractivity contribution in [2.75, 3.05) is 13.2 Å². The highest BCUT2D eigenvalue weighted by molar-refractivity contribution is 5.17. The fourth-order valence-electron chi connectivity index (χ4n) is 3.67. The van der Waals surface area contributed by atoms with Crippen LogP contribution in [0.2, 0.25) is 0 Å². The molecule has 0 bridgehead atoms. The first-order valence-electron chi connectivity index (χ1n) is 8.25. The van der Waals surface area contributed by atoms with Crippen LogP contribution in [0, 0.1) is 23.6 Å². The molecule has 1 aromatic carbocycles. The van der Waals surface area contributed by atoms with Crippen molar-refractivity contribution >= 4 is 0 Å². The first-order valence-corrected chi connectivity index (χ1v) is 8.25. The van der Waals surface area contributed by atoms with Gasteiger partial charge in [0.15, 0.2) is 6.29 Å². The Hall–Kier alpha value is -0.930. The smallest absolute Gasteiger partial charge is 0.183 e. The molecule has 21 heavy (non-hydrogen) atoms. The minimum Gasteiger partial charge on any atom is -0.348 e. The first kappa shape index (κ1) is 15.0. The highest BCUT2D eigenvalue weighted by atomic mass is 19.1. The lowest BCUT2D eigenvalue weighted by Gasteiger charge is -2.37. The van der Waals surface area contributed by atoms with Crippen molar-refractivity contribution in [1.82, 2.24) is 0 Å². The number of halogens is 1. The molecule has 2 nitrogen and oxygen atoms in total. The van der Waals surface area contributed by atoms with Crippen LogP contribution in [-0.2, 0) is 9.47 Å². The van der Waals surface area contributed by atoms with Crippen LogP contribution < -0.4 is 0 Å². The molecule has 1 aromatic rings. The lowest BCUT2D eigenvalue weighted by molar-refractivity contribution is -0.214. The second-order valence-corrected chi connectivity index (χ2v) is 6.50. The third kappa shape index (κ3) is 3.64. The van der Waals surface area contributed by atoms with Crippen LogP contribution in [0.4, 0.5) is 4.39 Å². The maximum atomic E-state index is 12.9. The van der Waals surface area contributed by atoms with Gasteiger partial charge in [-0.25, -0.2) is 4.39 Å². The minimum atomic E-state index is -0.325. The Labute approximate surface area is 126 Å². The van der Waals surface area contributed by atoms with E-state index in [2.05, 4.69) is 6.92 Å². The largest absolute Gasteiger partial charge is 0.348 e. The van der Waals surface area contributed by atoms with Crippen molar-refractivity contribution in [2.45, 2.75) is 45.3 Å². The summed E-state index contributed by atoms with van der Waals surface area (Å²) in [5.41, 5.74) is 0.907. The molecule has 0 unspecified atom stereocenters. The molecule has 1 aliphatic heterocycles. The lowest BCUT2D eigenvalue weighted by atomic mass is 9.75. The van der Waals surface area contributed by atoms with Crippen molar-refractivity contribution in [2.24, 2.45) is 17.8 Å². The van der Waals surface area contributed by atoms with Gasteiger partial charge < -0.3 is 9.47 Å². The second-order valence-electron chi connectivity index (χ2n) is 6.50. The summed E-state index contributed by atoms with van der Waals surface area (Å²) in [5.74, 6) is 1.99. The minimum absolute atomic E-state index is 0.222. The van der Waals surface area contributed by atoms with Crippen LogP contribution in [0.3, 0.4) is 0 Å². The van der Waals surface area contributed by atoms with E-state index in [9.17, 15) is 4.39 Å². The van der Waals surface area contributed by atoms with Gasteiger partial charge >= 0.3 is 0 Å². The van der Waals surface area contributed by atoms with E-state index >= 15 is 0 Å². The number of benzene rings is 1. The predicted octanol–water partition coefficient (Wildman–Crippen LogP) is 4.70. The summed E-state index contributed by atoms with van der Waals surface area (Å²) in [7, 11) is 0. The van der Waals surface area contributed by atoms with Crippen LogP contribution in [0.5, 0.6) is 0 Å². The average Bonchev–Trinajstić information content (AvgIpc) is 2.56. The van der Waals surface area contributed by atoms with Gasteiger partial charge in [-0.15, -0.1) is 0 Å². The van der Waals surface area contributed by atoms with Crippen molar-refractivity contribution in [3.8, 4) is 0 Å². The normalized spacial score (nSPS) is 33.8. The summed E-state index contributed by atoms with van der Waals surface area (Å²) in [5, 5.41) is 0. The van der Waals surface area contributed by atoms with Crippen LogP contribution in [0.15, 0.2) is 24.3 Å². The van der Waals surface area contributed by atoms with Gasteiger partial charge in [-0.2, -0.15) is 0 Å². The zero-order chi connectivity index (χ0) is 14.7. The van der Waals surface area contributed by atoms with Crippen LogP contribution in [-0.4, -0.2) is 13.2 Å². The van der Waals surface area contributed by atoms with Gasteiger partial charge in [-0.3, -0.25) is 0 Å². The van der Waals surface area contributed by atoms with E-state index in [1.807, 2.05) is 0 Å². The van der Waals surface area contributed by atoms with Gasteiger partial charge in [0.05, 0.1) is 13.2 Å². The van der Waals surface area contributed by atoms with Gasteiger partial charge in [0.25, 0.3) is 0 Å². The monoisotopic (exact) mass is 292 g/mol. The SMILES string of the molecule is CC[C@H]1CC[C@H]([C@H]2CO[C@H](c3ccc(F)cc3)OC2)CC1. The van der Waals surface area contributed by atoms with Gasteiger partial charge in [-0.1, -0.05) is 38.3 Å². The summed E-state index contributed by atoms with van der Waals surface area (Å²) >= 11 is 0. The van der Waals surface area contributed by atoms with E-state index in [1.54, 1.807) is 12.1 Å². The summed E-state index contributed by atoms with van der Waals surface area (Å²) < 4.78 is 24.7. The van der Waals surface area contributed by atoms with E-state index < -0.39 is 0 Å². The first-order chi connectivity index (χ1) is 10.3.